The van der Waals surface area contributed by atoms with Crippen LogP contribution in [0.2, 0.25) is 0 Å². The number of nitro groups is 1. The molecule has 1 N–H and O–H groups in total. The Kier molecular flexibility index (Phi) is 2.76. The number of hydrogen-bond acceptors (Lipinski definition) is 5. The second kappa shape index (κ2) is 3.46. The first-order valence-electron chi connectivity index (χ1n) is 2.82. The van der Waals surface area contributed by atoms with Crippen LogP contribution in [0.4, 0.5) is 5.69 Å². The lowest BCUT2D eigenvalue weighted by molar-refractivity contribution is -0.388. The van der Waals surface area contributed by atoms with Gasteiger partial charge in [-0.2, -0.15) is 0 Å². The van der Waals surface area contributed by atoms with Crippen molar-refractivity contribution >= 4 is 43.2 Å². The summed E-state index contributed by atoms with van der Waals surface area (Å²) in [5, 5.41) is 10.5. The molecule has 12 heavy (non-hydrogen) atoms. The fourth-order valence-electron chi connectivity index (χ4n) is 0.638. The van der Waals surface area contributed by atoms with E-state index in [-0.39, 0.29) is 10.7 Å². The molecule has 0 aliphatic carbocycles. The average molecular weight is 220 g/mol. The van der Waals surface area contributed by atoms with E-state index in [0.717, 1.165) is 0 Å². The Balaban J connectivity index is 3.43. The first-order valence-corrected chi connectivity index (χ1v) is 4.12. The SMILES string of the molecule is O=[N+]([O-])c1cc(S)c(=S)[nH]c1S. The summed E-state index contributed by atoms with van der Waals surface area (Å²) in [6.45, 7) is 0. The van der Waals surface area contributed by atoms with Crippen LogP contribution in [0.25, 0.3) is 0 Å². The van der Waals surface area contributed by atoms with E-state index in [1.54, 1.807) is 0 Å². The summed E-state index contributed by atoms with van der Waals surface area (Å²) in [5.74, 6) is 0. The van der Waals surface area contributed by atoms with E-state index in [4.69, 9.17) is 12.2 Å². The maximum atomic E-state index is 10.4. The zero-order valence-corrected chi connectivity index (χ0v) is 8.25. The average Bonchev–Trinajstić information content (AvgIpc) is 1.96. The molecule has 0 bridgehead atoms. The van der Waals surface area contributed by atoms with E-state index in [0.29, 0.717) is 9.54 Å². The van der Waals surface area contributed by atoms with Crippen molar-refractivity contribution in [2.24, 2.45) is 0 Å². The third kappa shape index (κ3) is 1.79. The van der Waals surface area contributed by atoms with Gasteiger partial charge in [0.25, 0.3) is 5.69 Å². The van der Waals surface area contributed by atoms with Gasteiger partial charge in [-0.15, -0.1) is 25.3 Å². The van der Waals surface area contributed by atoms with Crippen molar-refractivity contribution < 1.29 is 4.92 Å². The van der Waals surface area contributed by atoms with Crippen LogP contribution in [0.5, 0.6) is 0 Å². The molecule has 0 aliphatic rings. The minimum absolute atomic E-state index is 0.128. The zero-order chi connectivity index (χ0) is 9.30. The minimum atomic E-state index is -0.548. The van der Waals surface area contributed by atoms with Crippen LogP contribution >= 0.6 is 37.5 Å². The molecule has 64 valence electrons. The molecule has 1 aromatic rings. The molecule has 1 rings (SSSR count). The lowest BCUT2D eigenvalue weighted by Crippen LogP contribution is -1.92. The smallest absolute Gasteiger partial charge is 0.300 e. The van der Waals surface area contributed by atoms with E-state index < -0.39 is 4.92 Å². The van der Waals surface area contributed by atoms with Crippen LogP contribution in [0.15, 0.2) is 16.0 Å². The van der Waals surface area contributed by atoms with Crippen molar-refractivity contribution in [1.29, 1.82) is 0 Å². The highest BCUT2D eigenvalue weighted by Crippen LogP contribution is 2.23. The maximum Gasteiger partial charge on any atom is 0.300 e. The van der Waals surface area contributed by atoms with Gasteiger partial charge in [0.05, 0.1) is 4.92 Å². The number of pyridine rings is 1. The Labute approximate surface area is 84.0 Å². The van der Waals surface area contributed by atoms with E-state index in [1.807, 2.05) is 0 Å². The van der Waals surface area contributed by atoms with Crippen molar-refractivity contribution in [1.82, 2.24) is 4.98 Å². The van der Waals surface area contributed by atoms with Crippen LogP contribution < -0.4 is 0 Å². The molecule has 4 nitrogen and oxygen atoms in total. The third-order valence-corrected chi connectivity index (χ3v) is 2.34. The molecule has 0 radical (unpaired) electrons. The van der Waals surface area contributed by atoms with Crippen molar-refractivity contribution in [2.45, 2.75) is 9.92 Å². The zero-order valence-electron chi connectivity index (χ0n) is 5.64. The van der Waals surface area contributed by atoms with E-state index in [9.17, 15) is 10.1 Å². The predicted octanol–water partition coefficient (Wildman–Crippen LogP) is 2.23. The lowest BCUT2D eigenvalue weighted by atomic mass is 10.4. The number of hydrogen-bond donors (Lipinski definition) is 3. The Morgan fingerprint density at radius 3 is 2.67 bits per heavy atom. The van der Waals surface area contributed by atoms with Crippen LogP contribution in [0.1, 0.15) is 0 Å². The van der Waals surface area contributed by atoms with Crippen LogP contribution in [-0.2, 0) is 0 Å². The predicted molar refractivity (Wildman–Crippen MR) is 52.8 cm³/mol. The summed E-state index contributed by atoms with van der Waals surface area (Å²) in [7, 11) is 0. The molecule has 0 saturated carbocycles. The van der Waals surface area contributed by atoms with Crippen LogP contribution in [-0.4, -0.2) is 9.91 Å². The summed E-state index contributed by atoms with van der Waals surface area (Å²) in [6, 6.07) is 1.27. The van der Waals surface area contributed by atoms with Crippen molar-refractivity contribution in [3.63, 3.8) is 0 Å². The fraction of sp³-hybridized carbons (Fsp3) is 0. The number of nitrogens with zero attached hydrogens (tertiary/aromatic N) is 1. The number of H-pyrrole nitrogens is 1. The standard InChI is InChI=1S/C5H4N2O2S3/c8-7(9)2-1-3(10)5(12)6-4(2)11/h1,10H,(H2,6,11,12). The number of thiol groups is 2. The molecule has 0 atom stereocenters. The lowest BCUT2D eigenvalue weighted by Gasteiger charge is -1.97. The Morgan fingerprint density at radius 1 is 1.58 bits per heavy atom. The topological polar surface area (TPSA) is 58.9 Å². The van der Waals surface area contributed by atoms with E-state index >= 15 is 0 Å². The Hall–Kier alpha value is -0.530. The molecule has 7 heteroatoms. The van der Waals surface area contributed by atoms with Crippen LogP contribution in [0, 0.1) is 14.8 Å². The van der Waals surface area contributed by atoms with Gasteiger partial charge in [0.2, 0.25) is 0 Å². The summed E-state index contributed by atoms with van der Waals surface area (Å²) in [5.41, 5.74) is -0.128. The van der Waals surface area contributed by atoms with Crippen molar-refractivity contribution in [3.8, 4) is 0 Å². The Bertz CT molecular complexity index is 387. The highest BCUT2D eigenvalue weighted by Gasteiger charge is 2.11. The van der Waals surface area contributed by atoms with Gasteiger partial charge >= 0.3 is 0 Å². The van der Waals surface area contributed by atoms with Gasteiger partial charge in [-0.05, 0) is 0 Å². The normalized spacial score (nSPS) is 9.83. The summed E-state index contributed by atoms with van der Waals surface area (Å²) >= 11 is 12.6. The van der Waals surface area contributed by atoms with Crippen LogP contribution in [0.3, 0.4) is 0 Å². The highest BCUT2D eigenvalue weighted by molar-refractivity contribution is 7.81. The summed E-state index contributed by atoms with van der Waals surface area (Å²) in [4.78, 5) is 12.7. The quantitative estimate of drug-likeness (QED) is 0.294. The van der Waals surface area contributed by atoms with E-state index in [1.165, 1.54) is 6.07 Å². The number of aromatic nitrogens is 1. The number of rotatable bonds is 1. The third-order valence-electron chi connectivity index (χ3n) is 1.18. The Morgan fingerprint density at radius 2 is 2.17 bits per heavy atom. The minimum Gasteiger partial charge on any atom is -0.335 e. The molecule has 0 saturated heterocycles. The molecule has 0 fully saturated rings. The molecular weight excluding hydrogens is 216 g/mol. The highest BCUT2D eigenvalue weighted by atomic mass is 32.1. The van der Waals surface area contributed by atoms with Gasteiger partial charge in [0, 0.05) is 11.0 Å². The van der Waals surface area contributed by atoms with Gasteiger partial charge in [-0.1, -0.05) is 12.2 Å². The van der Waals surface area contributed by atoms with Gasteiger partial charge < -0.3 is 4.98 Å². The van der Waals surface area contributed by atoms with Gasteiger partial charge in [0.15, 0.2) is 0 Å². The monoisotopic (exact) mass is 220 g/mol. The first-order chi connectivity index (χ1) is 5.52. The van der Waals surface area contributed by atoms with Crippen molar-refractivity contribution in [3.05, 3.63) is 20.8 Å². The van der Waals surface area contributed by atoms with Gasteiger partial charge in [0.1, 0.15) is 9.67 Å². The van der Waals surface area contributed by atoms with E-state index in [2.05, 4.69) is 30.2 Å². The molecule has 1 aromatic heterocycles. The van der Waals surface area contributed by atoms with Gasteiger partial charge in [-0.25, -0.2) is 0 Å². The molecule has 0 amide bonds. The largest absolute Gasteiger partial charge is 0.335 e. The molecule has 1 heterocycles. The molecule has 0 unspecified atom stereocenters. The molecule has 0 aromatic carbocycles. The summed E-state index contributed by atoms with van der Waals surface area (Å²) in [6.07, 6.45) is 0. The molecule has 0 spiro atoms. The fourth-order valence-corrected chi connectivity index (χ4v) is 1.31. The summed E-state index contributed by atoms with van der Waals surface area (Å²) < 4.78 is 0.342. The second-order valence-corrected chi connectivity index (χ2v) is 3.31. The molecule has 0 aliphatic heterocycles. The van der Waals surface area contributed by atoms with Gasteiger partial charge in [-0.3, -0.25) is 10.1 Å². The maximum absolute atomic E-state index is 10.4. The number of nitrogens with one attached hydrogen (secondary N) is 1. The number of aromatic amines is 1. The first kappa shape index (κ1) is 9.56. The van der Waals surface area contributed by atoms with Crippen molar-refractivity contribution in [2.75, 3.05) is 0 Å². The molecular formula is C5H4N2O2S3. The second-order valence-electron chi connectivity index (χ2n) is 1.97.